The molecule has 1 aliphatic carbocycles. The summed E-state index contributed by atoms with van der Waals surface area (Å²) >= 11 is 3.30. The maximum Gasteiger partial charge on any atom is 0.293 e. The maximum atomic E-state index is 13.6. The summed E-state index contributed by atoms with van der Waals surface area (Å²) in [5.74, 6) is -0.0436. The first kappa shape index (κ1) is 13.3. The van der Waals surface area contributed by atoms with Crippen LogP contribution in [0.5, 0.6) is 0 Å². The van der Waals surface area contributed by atoms with Gasteiger partial charge < -0.3 is 9.88 Å². The van der Waals surface area contributed by atoms with Crippen molar-refractivity contribution < 1.29 is 4.39 Å². The zero-order valence-electron chi connectivity index (χ0n) is 10.6. The van der Waals surface area contributed by atoms with Crippen molar-refractivity contribution in [2.75, 3.05) is 5.32 Å². The van der Waals surface area contributed by atoms with E-state index in [0.717, 1.165) is 17.3 Å². The third-order valence-corrected chi connectivity index (χ3v) is 3.76. The largest absolute Gasteiger partial charge is 0.361 e. The highest BCUT2D eigenvalue weighted by Crippen LogP contribution is 2.33. The highest BCUT2D eigenvalue weighted by atomic mass is 79.9. The van der Waals surface area contributed by atoms with E-state index < -0.39 is 0 Å². The van der Waals surface area contributed by atoms with Gasteiger partial charge in [-0.2, -0.15) is 0 Å². The molecule has 0 bridgehead atoms. The number of benzene rings is 1. The number of hydrogen-bond donors (Lipinski definition) is 1. The molecule has 1 saturated carbocycles. The molecule has 1 aliphatic rings. The average molecular weight is 338 g/mol. The summed E-state index contributed by atoms with van der Waals surface area (Å²) < 4.78 is 16.1. The Morgan fingerprint density at radius 3 is 3.00 bits per heavy atom. The molecule has 0 amide bonds. The van der Waals surface area contributed by atoms with E-state index in [2.05, 4.69) is 26.2 Å². The monoisotopic (exact) mass is 337 g/mol. The standard InChI is InChI=1S/C14H13BrFN3O/c15-10-1-4-12(16)9(7-10)8-18-13-14(20)19(6-5-17-13)11-2-3-11/h1,4-7,11H,2-3,8H2,(H,17,18). The lowest BCUT2D eigenvalue weighted by atomic mass is 10.2. The fourth-order valence-electron chi connectivity index (χ4n) is 2.04. The van der Waals surface area contributed by atoms with Crippen molar-refractivity contribution in [3.63, 3.8) is 0 Å². The molecule has 0 unspecified atom stereocenters. The van der Waals surface area contributed by atoms with E-state index in [0.29, 0.717) is 11.6 Å². The van der Waals surface area contributed by atoms with Gasteiger partial charge in [0.2, 0.25) is 0 Å². The Balaban J connectivity index is 1.80. The molecule has 1 aromatic heterocycles. The summed E-state index contributed by atoms with van der Waals surface area (Å²) in [6, 6.07) is 5.01. The minimum absolute atomic E-state index is 0.148. The summed E-state index contributed by atoms with van der Waals surface area (Å²) in [4.78, 5) is 16.2. The lowest BCUT2D eigenvalue weighted by Crippen LogP contribution is -2.23. The topological polar surface area (TPSA) is 46.9 Å². The molecule has 0 aliphatic heterocycles. The molecule has 1 N–H and O–H groups in total. The van der Waals surface area contributed by atoms with Gasteiger partial charge in [-0.1, -0.05) is 15.9 Å². The van der Waals surface area contributed by atoms with Crippen LogP contribution in [0.25, 0.3) is 0 Å². The van der Waals surface area contributed by atoms with E-state index >= 15 is 0 Å². The number of hydrogen-bond acceptors (Lipinski definition) is 3. The Morgan fingerprint density at radius 1 is 1.45 bits per heavy atom. The first-order chi connectivity index (χ1) is 9.65. The van der Waals surface area contributed by atoms with Gasteiger partial charge in [0.15, 0.2) is 5.82 Å². The highest BCUT2D eigenvalue weighted by Gasteiger charge is 2.25. The van der Waals surface area contributed by atoms with Gasteiger partial charge in [0.05, 0.1) is 0 Å². The first-order valence-electron chi connectivity index (χ1n) is 6.40. The van der Waals surface area contributed by atoms with Gasteiger partial charge in [-0.3, -0.25) is 4.79 Å². The summed E-state index contributed by atoms with van der Waals surface area (Å²) in [5, 5.41) is 2.92. The minimum atomic E-state index is -0.306. The summed E-state index contributed by atoms with van der Waals surface area (Å²) in [6.07, 6.45) is 5.36. The molecule has 0 saturated heterocycles. The fraction of sp³-hybridized carbons (Fsp3) is 0.286. The molecular formula is C14H13BrFN3O. The van der Waals surface area contributed by atoms with Crippen LogP contribution in [0.2, 0.25) is 0 Å². The van der Waals surface area contributed by atoms with Crippen LogP contribution >= 0.6 is 15.9 Å². The molecule has 1 heterocycles. The van der Waals surface area contributed by atoms with Crippen LogP contribution < -0.4 is 10.9 Å². The van der Waals surface area contributed by atoms with Crippen LogP contribution in [0.3, 0.4) is 0 Å². The van der Waals surface area contributed by atoms with Crippen LogP contribution in [0.4, 0.5) is 10.2 Å². The number of aromatic nitrogens is 2. The predicted octanol–water partition coefficient (Wildman–Crippen LogP) is 3.09. The van der Waals surface area contributed by atoms with Crippen LogP contribution in [-0.2, 0) is 6.54 Å². The SMILES string of the molecule is O=c1c(NCc2cc(Br)ccc2F)nccn1C1CC1. The molecule has 0 atom stereocenters. The number of rotatable bonds is 4. The second kappa shape index (κ2) is 5.36. The Kier molecular flexibility index (Phi) is 3.56. The fourth-order valence-corrected chi connectivity index (χ4v) is 2.45. The number of nitrogens with one attached hydrogen (secondary N) is 1. The third kappa shape index (κ3) is 2.75. The molecule has 0 spiro atoms. The van der Waals surface area contributed by atoms with E-state index in [1.165, 1.54) is 6.07 Å². The van der Waals surface area contributed by atoms with Crippen molar-refractivity contribution in [3.8, 4) is 0 Å². The molecule has 1 aromatic carbocycles. The van der Waals surface area contributed by atoms with Gasteiger partial charge in [0, 0.05) is 35.0 Å². The Labute approximate surface area is 123 Å². The Bertz CT molecular complexity index is 697. The summed E-state index contributed by atoms with van der Waals surface area (Å²) in [5.41, 5.74) is 0.341. The van der Waals surface area contributed by atoms with Gasteiger partial charge in [-0.15, -0.1) is 0 Å². The molecule has 0 radical (unpaired) electrons. The average Bonchev–Trinajstić information content (AvgIpc) is 3.25. The summed E-state index contributed by atoms with van der Waals surface area (Å²) in [7, 11) is 0. The molecular weight excluding hydrogens is 325 g/mol. The van der Waals surface area contributed by atoms with Crippen molar-refractivity contribution in [1.29, 1.82) is 0 Å². The van der Waals surface area contributed by atoms with Crippen LogP contribution in [0.1, 0.15) is 24.4 Å². The maximum absolute atomic E-state index is 13.6. The molecule has 1 fully saturated rings. The van der Waals surface area contributed by atoms with Gasteiger partial charge in [-0.05, 0) is 31.0 Å². The normalized spacial score (nSPS) is 14.3. The van der Waals surface area contributed by atoms with Crippen LogP contribution in [0, 0.1) is 5.82 Å². The molecule has 104 valence electrons. The first-order valence-corrected chi connectivity index (χ1v) is 7.19. The van der Waals surface area contributed by atoms with Crippen molar-refractivity contribution >= 4 is 21.7 Å². The zero-order chi connectivity index (χ0) is 14.1. The smallest absolute Gasteiger partial charge is 0.293 e. The Morgan fingerprint density at radius 2 is 2.25 bits per heavy atom. The van der Waals surface area contributed by atoms with Gasteiger partial charge in [0.1, 0.15) is 5.82 Å². The Hall–Kier alpha value is -1.69. The molecule has 20 heavy (non-hydrogen) atoms. The van der Waals surface area contributed by atoms with Crippen molar-refractivity contribution in [2.24, 2.45) is 0 Å². The number of anilines is 1. The van der Waals surface area contributed by atoms with Gasteiger partial charge in [0.25, 0.3) is 5.56 Å². The molecule has 3 rings (SSSR count). The van der Waals surface area contributed by atoms with E-state index in [-0.39, 0.29) is 23.7 Å². The quantitative estimate of drug-likeness (QED) is 0.932. The van der Waals surface area contributed by atoms with E-state index in [1.54, 1.807) is 29.1 Å². The molecule has 4 nitrogen and oxygen atoms in total. The predicted molar refractivity (Wildman–Crippen MR) is 78.2 cm³/mol. The lowest BCUT2D eigenvalue weighted by molar-refractivity contribution is 0.612. The summed E-state index contributed by atoms with van der Waals surface area (Å²) in [6.45, 7) is 0.224. The number of halogens is 2. The third-order valence-electron chi connectivity index (χ3n) is 3.26. The van der Waals surface area contributed by atoms with Crippen molar-refractivity contribution in [3.05, 3.63) is 56.8 Å². The van der Waals surface area contributed by atoms with Gasteiger partial charge >= 0.3 is 0 Å². The van der Waals surface area contributed by atoms with E-state index in [4.69, 9.17) is 0 Å². The van der Waals surface area contributed by atoms with E-state index in [9.17, 15) is 9.18 Å². The zero-order valence-corrected chi connectivity index (χ0v) is 12.2. The lowest BCUT2D eigenvalue weighted by Gasteiger charge is -2.09. The second-order valence-electron chi connectivity index (χ2n) is 4.81. The number of nitrogens with zero attached hydrogens (tertiary/aromatic N) is 2. The highest BCUT2D eigenvalue weighted by molar-refractivity contribution is 9.10. The van der Waals surface area contributed by atoms with Crippen molar-refractivity contribution in [1.82, 2.24) is 9.55 Å². The van der Waals surface area contributed by atoms with E-state index in [1.807, 2.05) is 0 Å². The molecule has 6 heteroatoms. The van der Waals surface area contributed by atoms with Gasteiger partial charge in [-0.25, -0.2) is 9.37 Å². The van der Waals surface area contributed by atoms with Crippen LogP contribution in [0.15, 0.2) is 39.9 Å². The minimum Gasteiger partial charge on any atom is -0.361 e. The van der Waals surface area contributed by atoms with Crippen LogP contribution in [-0.4, -0.2) is 9.55 Å². The van der Waals surface area contributed by atoms with Crippen molar-refractivity contribution in [2.45, 2.75) is 25.4 Å². The molecule has 2 aromatic rings. The second-order valence-corrected chi connectivity index (χ2v) is 5.72.